The lowest BCUT2D eigenvalue weighted by Crippen LogP contribution is -2.08. The first-order valence-corrected chi connectivity index (χ1v) is 7.47. The molecule has 1 aromatic carbocycles. The maximum Gasteiger partial charge on any atom is 0.338 e. The van der Waals surface area contributed by atoms with E-state index in [2.05, 4.69) is 9.98 Å². The van der Waals surface area contributed by atoms with Gasteiger partial charge in [0.2, 0.25) is 5.75 Å². The van der Waals surface area contributed by atoms with Crippen LogP contribution in [0.25, 0.3) is 22.6 Å². The Kier molecular flexibility index (Phi) is 3.84. The Morgan fingerprint density at radius 2 is 2.08 bits per heavy atom. The lowest BCUT2D eigenvalue weighted by Gasteiger charge is -2.10. The molecule has 3 N–H and O–H groups in total. The standard InChI is InChI=1S/C17H16N2O5/c1-3-8(2)18-9-4-5-11-13(6-9)24-16-14(19-11)10(17(22)23)7-12(20)15(16)21/h4-8,20-21H,3H2,1-2H3,(H,22,23)/b18-9+. The topological polar surface area (TPSA) is 116 Å². The minimum atomic E-state index is -1.28. The van der Waals surface area contributed by atoms with Crippen LogP contribution in [0.4, 0.5) is 0 Å². The Bertz CT molecular complexity index is 977. The van der Waals surface area contributed by atoms with Crippen LogP contribution in [0.1, 0.15) is 30.6 Å². The van der Waals surface area contributed by atoms with Gasteiger partial charge in [0, 0.05) is 18.2 Å². The molecule has 0 radical (unpaired) electrons. The van der Waals surface area contributed by atoms with Crippen molar-refractivity contribution >= 4 is 17.1 Å². The molecule has 7 heteroatoms. The summed E-state index contributed by atoms with van der Waals surface area (Å²) in [7, 11) is 0. The van der Waals surface area contributed by atoms with Crippen molar-refractivity contribution in [3.05, 3.63) is 35.2 Å². The van der Waals surface area contributed by atoms with E-state index in [9.17, 15) is 20.1 Å². The molecule has 1 heterocycles. The van der Waals surface area contributed by atoms with Gasteiger partial charge in [0.15, 0.2) is 17.1 Å². The highest BCUT2D eigenvalue weighted by molar-refractivity contribution is 6.03. The zero-order chi connectivity index (χ0) is 17.4. The summed E-state index contributed by atoms with van der Waals surface area (Å²) in [5.74, 6) is -2.07. The van der Waals surface area contributed by atoms with Gasteiger partial charge in [-0.05, 0) is 25.5 Å². The van der Waals surface area contributed by atoms with Crippen molar-refractivity contribution in [2.24, 2.45) is 4.99 Å². The molecule has 0 fully saturated rings. The first-order valence-electron chi connectivity index (χ1n) is 7.47. The highest BCUT2D eigenvalue weighted by Gasteiger charge is 2.21. The van der Waals surface area contributed by atoms with Crippen molar-refractivity contribution in [1.29, 1.82) is 0 Å². The predicted octanol–water partition coefficient (Wildman–Crippen LogP) is 2.74. The van der Waals surface area contributed by atoms with E-state index < -0.39 is 17.5 Å². The van der Waals surface area contributed by atoms with E-state index in [1.807, 2.05) is 13.8 Å². The molecule has 0 saturated carbocycles. The van der Waals surface area contributed by atoms with E-state index in [4.69, 9.17) is 4.42 Å². The molecule has 0 bridgehead atoms. The molecule has 7 nitrogen and oxygen atoms in total. The van der Waals surface area contributed by atoms with E-state index in [1.165, 1.54) is 0 Å². The molecule has 1 aliphatic heterocycles. The van der Waals surface area contributed by atoms with E-state index in [-0.39, 0.29) is 22.7 Å². The van der Waals surface area contributed by atoms with E-state index >= 15 is 0 Å². The van der Waals surface area contributed by atoms with Gasteiger partial charge in [-0.3, -0.25) is 4.99 Å². The maximum atomic E-state index is 11.3. The van der Waals surface area contributed by atoms with E-state index in [0.29, 0.717) is 16.8 Å². The minimum Gasteiger partial charge on any atom is -0.504 e. The Morgan fingerprint density at radius 1 is 1.33 bits per heavy atom. The highest BCUT2D eigenvalue weighted by Crippen LogP contribution is 2.37. The number of fused-ring (bicyclic) bond motifs is 2. The molecule has 0 spiro atoms. The summed E-state index contributed by atoms with van der Waals surface area (Å²) in [5, 5.41) is 29.6. The third-order valence-electron chi connectivity index (χ3n) is 3.79. The van der Waals surface area contributed by atoms with Gasteiger partial charge < -0.3 is 19.7 Å². The molecule has 124 valence electrons. The molecular formula is C17H16N2O5. The molecular weight excluding hydrogens is 312 g/mol. The first kappa shape index (κ1) is 15.8. The van der Waals surface area contributed by atoms with Crippen LogP contribution < -0.4 is 5.36 Å². The number of rotatable bonds is 3. The Morgan fingerprint density at radius 3 is 2.75 bits per heavy atom. The van der Waals surface area contributed by atoms with Gasteiger partial charge in [-0.1, -0.05) is 6.92 Å². The summed E-state index contributed by atoms with van der Waals surface area (Å²) in [5.41, 5.74) is -0.0324. The van der Waals surface area contributed by atoms with Crippen molar-refractivity contribution < 1.29 is 24.5 Å². The van der Waals surface area contributed by atoms with Crippen LogP contribution in [0.3, 0.4) is 0 Å². The zero-order valence-electron chi connectivity index (χ0n) is 13.1. The second-order valence-corrected chi connectivity index (χ2v) is 5.53. The second kappa shape index (κ2) is 5.84. The Balaban J connectivity index is 2.34. The number of phenolic OH excluding ortho intramolecular Hbond substituents is 2. The molecule has 24 heavy (non-hydrogen) atoms. The maximum absolute atomic E-state index is 11.3. The van der Waals surface area contributed by atoms with Crippen molar-refractivity contribution in [3.63, 3.8) is 0 Å². The van der Waals surface area contributed by atoms with Gasteiger partial charge in [0.05, 0.1) is 10.9 Å². The number of nitrogens with zero attached hydrogens (tertiary/aromatic N) is 2. The number of carboxylic acid groups (broad SMARTS) is 1. The van der Waals surface area contributed by atoms with Crippen LogP contribution >= 0.6 is 0 Å². The van der Waals surface area contributed by atoms with Gasteiger partial charge in [0.25, 0.3) is 0 Å². The Labute approximate surface area is 136 Å². The summed E-state index contributed by atoms with van der Waals surface area (Å²) in [6.45, 7) is 4.02. The summed E-state index contributed by atoms with van der Waals surface area (Å²) in [6.07, 6.45) is 0.891. The number of phenols is 2. The molecule has 0 saturated heterocycles. The number of carbonyl (C=O) groups is 1. The van der Waals surface area contributed by atoms with Crippen molar-refractivity contribution in [1.82, 2.24) is 4.98 Å². The molecule has 1 aliphatic carbocycles. The molecule has 1 atom stereocenters. The number of hydrogen-bond donors (Lipinski definition) is 3. The van der Waals surface area contributed by atoms with Crippen LogP contribution in [0.2, 0.25) is 0 Å². The van der Waals surface area contributed by atoms with Gasteiger partial charge in [0.1, 0.15) is 11.2 Å². The quantitative estimate of drug-likeness (QED) is 0.503. The number of hydrogen-bond acceptors (Lipinski definition) is 6. The minimum absolute atomic E-state index is 0.0306. The van der Waals surface area contributed by atoms with Crippen molar-refractivity contribution in [2.75, 3.05) is 0 Å². The monoisotopic (exact) mass is 328 g/mol. The molecule has 3 rings (SSSR count). The summed E-state index contributed by atoms with van der Waals surface area (Å²) < 4.78 is 5.61. The SMILES string of the molecule is CCC(C)/N=c1\ccc2nc3c(C(=O)O)cc(O)c(O)c3oc-2c1. The predicted molar refractivity (Wildman–Crippen MR) is 86.2 cm³/mol. The number of aromatic nitrogens is 1. The van der Waals surface area contributed by atoms with Crippen molar-refractivity contribution in [2.45, 2.75) is 26.3 Å². The third kappa shape index (κ3) is 2.64. The first-order chi connectivity index (χ1) is 11.4. The average molecular weight is 328 g/mol. The Hall–Kier alpha value is -3.09. The summed E-state index contributed by atoms with van der Waals surface area (Å²) >= 11 is 0. The average Bonchev–Trinajstić information content (AvgIpc) is 2.56. The number of aromatic carboxylic acids is 1. The third-order valence-corrected chi connectivity index (χ3v) is 3.79. The lowest BCUT2D eigenvalue weighted by atomic mass is 10.1. The van der Waals surface area contributed by atoms with Gasteiger partial charge in [-0.25, -0.2) is 9.78 Å². The van der Waals surface area contributed by atoms with E-state index in [0.717, 1.165) is 12.5 Å². The second-order valence-electron chi connectivity index (χ2n) is 5.53. The molecule has 0 aromatic heterocycles. The fourth-order valence-electron chi connectivity index (χ4n) is 2.33. The van der Waals surface area contributed by atoms with Crippen LogP contribution in [0, 0.1) is 0 Å². The smallest absolute Gasteiger partial charge is 0.338 e. The van der Waals surface area contributed by atoms with Gasteiger partial charge in [-0.15, -0.1) is 0 Å². The van der Waals surface area contributed by atoms with E-state index in [1.54, 1.807) is 18.2 Å². The molecule has 1 unspecified atom stereocenters. The fourth-order valence-corrected chi connectivity index (χ4v) is 2.33. The molecule has 0 amide bonds. The molecule has 2 aliphatic rings. The number of carboxylic acids is 1. The normalized spacial score (nSPS) is 13.5. The molecule has 1 aromatic rings. The van der Waals surface area contributed by atoms with Crippen LogP contribution in [0.5, 0.6) is 11.5 Å². The van der Waals surface area contributed by atoms with Crippen LogP contribution in [-0.2, 0) is 0 Å². The van der Waals surface area contributed by atoms with Crippen LogP contribution in [0.15, 0.2) is 33.7 Å². The number of benzene rings is 2. The largest absolute Gasteiger partial charge is 0.504 e. The highest BCUT2D eigenvalue weighted by atomic mass is 16.4. The summed E-state index contributed by atoms with van der Waals surface area (Å²) in [4.78, 5) is 20.1. The van der Waals surface area contributed by atoms with Crippen molar-refractivity contribution in [3.8, 4) is 23.0 Å². The fraction of sp³-hybridized carbons (Fsp3) is 0.235. The van der Waals surface area contributed by atoms with Crippen LogP contribution in [-0.4, -0.2) is 32.3 Å². The van der Waals surface area contributed by atoms with Gasteiger partial charge in [-0.2, -0.15) is 0 Å². The van der Waals surface area contributed by atoms with Gasteiger partial charge >= 0.3 is 5.97 Å². The lowest BCUT2D eigenvalue weighted by molar-refractivity contribution is 0.0698. The number of aromatic hydroxyl groups is 2. The summed E-state index contributed by atoms with van der Waals surface area (Å²) in [6, 6.07) is 6.20. The zero-order valence-corrected chi connectivity index (χ0v) is 13.1.